The maximum atomic E-state index is 11.6. The average molecular weight is 744 g/mol. The molecule has 0 radical (unpaired) electrons. The summed E-state index contributed by atoms with van der Waals surface area (Å²) in [5.41, 5.74) is 4.17. The van der Waals surface area contributed by atoms with Crippen molar-refractivity contribution in [2.45, 2.75) is 39.2 Å². The van der Waals surface area contributed by atoms with Crippen LogP contribution >= 0.6 is 10.7 Å². The Bertz CT molecular complexity index is 917. The van der Waals surface area contributed by atoms with Gasteiger partial charge in [0.1, 0.15) is 6.10 Å². The number of rotatable bonds is 5. The van der Waals surface area contributed by atoms with Gasteiger partial charge >= 0.3 is 121 Å². The number of halogens is 3. The molecule has 0 spiro atoms. The second-order valence-corrected chi connectivity index (χ2v) is 11.9. The molecule has 0 unspecified atom stereocenters. The molecule has 240 valence electrons. The number of aliphatic hydroxyl groups excluding tert-OH is 1. The fourth-order valence-corrected chi connectivity index (χ4v) is 1.40. The fourth-order valence-electron chi connectivity index (χ4n) is 0.800. The summed E-state index contributed by atoms with van der Waals surface area (Å²) in [6, 6.07) is 0. The number of ether oxygens (including phenoxy) is 3. The molecule has 0 heterocycles. The van der Waals surface area contributed by atoms with Gasteiger partial charge in [-0.25, -0.2) is 35.6 Å². The zero-order valence-corrected chi connectivity index (χ0v) is 33.8. The summed E-state index contributed by atoms with van der Waals surface area (Å²) in [5, 5.41) is 8.35. The third kappa shape index (κ3) is 108. The van der Waals surface area contributed by atoms with Crippen molar-refractivity contribution in [3.8, 4) is 0 Å². The van der Waals surface area contributed by atoms with Crippen LogP contribution in [0.25, 0.3) is 0 Å². The SMILES string of the molecule is COC(=O)[C@@H](C)F.COC(=O)[C@H](C)O.COC(=O)[C@H](C)OS(C)(=O)=O.CS(=O)(=O)Cl.CS(=O)(=O)[O-].NC=O.[F-].[K+].[K+]. The second kappa shape index (κ2) is 37.2. The van der Waals surface area contributed by atoms with Crippen molar-refractivity contribution in [2.24, 2.45) is 5.73 Å². The molecular formula is C16H34ClF2K2NO16S3. The number of alkyl halides is 1. The van der Waals surface area contributed by atoms with Gasteiger partial charge < -0.3 is 34.3 Å². The van der Waals surface area contributed by atoms with E-state index >= 15 is 0 Å². The van der Waals surface area contributed by atoms with Crippen molar-refractivity contribution in [1.82, 2.24) is 0 Å². The van der Waals surface area contributed by atoms with Gasteiger partial charge in [-0.05, 0) is 20.8 Å². The van der Waals surface area contributed by atoms with E-state index in [1.54, 1.807) is 0 Å². The van der Waals surface area contributed by atoms with Crippen molar-refractivity contribution >= 4 is 64.3 Å². The van der Waals surface area contributed by atoms with Gasteiger partial charge in [-0.3, -0.25) is 8.98 Å². The molecule has 0 saturated heterocycles. The van der Waals surface area contributed by atoms with Gasteiger partial charge in [0.05, 0.1) is 44.0 Å². The summed E-state index contributed by atoms with van der Waals surface area (Å²) in [6.07, 6.45) is -0.918. The molecule has 0 aromatic carbocycles. The van der Waals surface area contributed by atoms with Crippen LogP contribution in [-0.2, 0) is 66.9 Å². The van der Waals surface area contributed by atoms with Crippen LogP contribution in [0.3, 0.4) is 0 Å². The smallest absolute Gasteiger partial charge is 1.00 e. The molecule has 25 heteroatoms. The Morgan fingerprint density at radius 2 is 1.07 bits per heavy atom. The first-order chi connectivity index (χ1) is 16.6. The van der Waals surface area contributed by atoms with Crippen LogP contribution in [0.15, 0.2) is 0 Å². The maximum Gasteiger partial charge on any atom is 1.00 e. The van der Waals surface area contributed by atoms with E-state index in [0.29, 0.717) is 6.26 Å². The minimum absolute atomic E-state index is 0. The number of hydrogen-bond acceptors (Lipinski definition) is 16. The van der Waals surface area contributed by atoms with Crippen LogP contribution in [0.5, 0.6) is 0 Å². The topological polar surface area (TPSA) is 277 Å². The van der Waals surface area contributed by atoms with Gasteiger partial charge in [-0.1, -0.05) is 0 Å². The molecule has 0 fully saturated rings. The Morgan fingerprint density at radius 3 is 1.15 bits per heavy atom. The van der Waals surface area contributed by atoms with Crippen LogP contribution < -0.4 is 113 Å². The summed E-state index contributed by atoms with van der Waals surface area (Å²) < 4.78 is 95.1. The average Bonchev–Trinajstić information content (AvgIpc) is 2.69. The van der Waals surface area contributed by atoms with E-state index in [0.717, 1.165) is 33.7 Å². The predicted octanol–water partition coefficient (Wildman–Crippen LogP) is -11.0. The molecule has 41 heavy (non-hydrogen) atoms. The summed E-state index contributed by atoms with van der Waals surface area (Å²) in [6.45, 7) is 3.78. The van der Waals surface area contributed by atoms with E-state index in [4.69, 9.17) is 22.9 Å². The summed E-state index contributed by atoms with van der Waals surface area (Å²) >= 11 is 0. The van der Waals surface area contributed by atoms with Crippen LogP contribution in [-0.4, -0.2) is 118 Å². The van der Waals surface area contributed by atoms with E-state index in [-0.39, 0.29) is 114 Å². The molecule has 0 aromatic rings. The number of nitrogens with two attached hydrogens (primary N) is 1. The normalized spacial score (nSPS) is 11.3. The molecule has 0 aliphatic rings. The van der Waals surface area contributed by atoms with Gasteiger partial charge in [0, 0.05) is 16.9 Å². The van der Waals surface area contributed by atoms with Gasteiger partial charge in [0.25, 0.3) is 10.1 Å². The van der Waals surface area contributed by atoms with Crippen molar-refractivity contribution in [3.63, 3.8) is 0 Å². The molecule has 0 aliphatic carbocycles. The second-order valence-electron chi connectivity index (χ2n) is 5.83. The molecule has 3 N–H and O–H groups in total. The fraction of sp³-hybridized carbons (Fsp3) is 0.750. The van der Waals surface area contributed by atoms with Gasteiger partial charge in [-0.15, -0.1) is 0 Å². The number of hydrogen-bond donors (Lipinski definition) is 2. The number of carbonyl (C=O) groups is 4. The number of aliphatic hydroxyl groups is 1. The van der Waals surface area contributed by atoms with E-state index < -0.39 is 65.6 Å². The molecule has 0 aliphatic heterocycles. The van der Waals surface area contributed by atoms with E-state index in [1.165, 1.54) is 21.0 Å². The monoisotopic (exact) mass is 743 g/mol. The van der Waals surface area contributed by atoms with Gasteiger partial charge in [0.2, 0.25) is 15.5 Å². The van der Waals surface area contributed by atoms with Crippen molar-refractivity contribution < 1.29 is 184 Å². The van der Waals surface area contributed by atoms with E-state index in [2.05, 4.69) is 34.8 Å². The molecule has 17 nitrogen and oxygen atoms in total. The van der Waals surface area contributed by atoms with Gasteiger partial charge in [0.15, 0.2) is 12.3 Å². The van der Waals surface area contributed by atoms with E-state index in [9.17, 15) is 35.6 Å². The first kappa shape index (κ1) is 64.9. The molecular weight excluding hydrogens is 710 g/mol. The standard InChI is InChI=1S/C5H10O5S.C4H7FO2.C4H8O3.CH3ClO2S.CH3NO.CH4O3S.FH.2K/c1-4(5(6)9-2)10-11(3,7)8;2*1-3(5)4(6)7-2;1-5(2,3)4;2-1-3;1-5(2,3)4;;;/h4H,1-3H3;3H,1-2H3;3,5H,1-2H3;1H3;1H,(H2,2,3);1H3,(H,2,3,4);1H;;/q;;;;;;;2*+1/p-2/t4-;2*3-;;;;;;/m010....../s1. The largest absolute Gasteiger partial charge is 1.00 e. The molecule has 0 bridgehead atoms. The predicted molar refractivity (Wildman–Crippen MR) is 130 cm³/mol. The Kier molecular flexibility index (Phi) is 58.9. The number of amides is 1. The zero-order chi connectivity index (χ0) is 32.5. The molecule has 0 rings (SSSR count). The van der Waals surface area contributed by atoms with Crippen molar-refractivity contribution in [3.05, 3.63) is 0 Å². The molecule has 0 saturated carbocycles. The first-order valence-corrected chi connectivity index (χ1v) is 15.4. The Hall–Kier alpha value is 1.03. The molecule has 1 amide bonds. The molecule has 3 atom stereocenters. The van der Waals surface area contributed by atoms with Crippen molar-refractivity contribution in [1.29, 1.82) is 0 Å². The maximum absolute atomic E-state index is 11.6. The number of carbonyl (C=O) groups excluding carboxylic acids is 4. The summed E-state index contributed by atoms with van der Waals surface area (Å²) in [5.74, 6) is -2.13. The summed E-state index contributed by atoms with van der Waals surface area (Å²) in [7, 11) is -2.65. The third-order valence-electron chi connectivity index (χ3n) is 1.92. The Labute approximate surface area is 328 Å². The molecule has 0 aromatic heterocycles. The van der Waals surface area contributed by atoms with Crippen LogP contribution in [0, 0.1) is 0 Å². The van der Waals surface area contributed by atoms with E-state index in [1.807, 2.05) is 0 Å². The number of methoxy groups -OCH3 is 3. The Morgan fingerprint density at radius 1 is 0.854 bits per heavy atom. The minimum atomic E-state index is -3.92. The van der Waals surface area contributed by atoms with Crippen molar-refractivity contribution in [2.75, 3.05) is 40.1 Å². The summed E-state index contributed by atoms with van der Waals surface area (Å²) in [4.78, 5) is 39.1. The van der Waals surface area contributed by atoms with Crippen LogP contribution in [0.4, 0.5) is 4.39 Å². The number of esters is 3. The Balaban J connectivity index is -0.0000000439. The first-order valence-electron chi connectivity index (χ1n) is 9.04. The quantitative estimate of drug-likeness (QED) is 0.0503. The number of primary amides is 1. The van der Waals surface area contributed by atoms with Gasteiger partial charge in [-0.2, -0.15) is 8.42 Å². The van der Waals surface area contributed by atoms with Crippen LogP contribution in [0.1, 0.15) is 20.8 Å². The van der Waals surface area contributed by atoms with Crippen LogP contribution in [0.2, 0.25) is 0 Å². The minimum Gasteiger partial charge on any atom is -1.00 e. The zero-order valence-electron chi connectivity index (χ0n) is 24.3. The third-order valence-corrected chi connectivity index (χ3v) is 2.56.